The molecule has 1 aromatic heterocycles. The average Bonchev–Trinajstić information content (AvgIpc) is 2.54. The van der Waals surface area contributed by atoms with Crippen molar-refractivity contribution in [2.45, 2.75) is 34.2 Å². The van der Waals surface area contributed by atoms with Crippen LogP contribution in [0.3, 0.4) is 0 Å². The molecule has 94 valence electrons. The third-order valence-electron chi connectivity index (χ3n) is 3.11. The Labute approximate surface area is 105 Å². The van der Waals surface area contributed by atoms with Gasteiger partial charge in [-0.1, -0.05) is 18.7 Å². The Bertz CT molecular complexity index is 413. The van der Waals surface area contributed by atoms with Crippen molar-refractivity contribution in [3.63, 3.8) is 0 Å². The molecule has 0 radical (unpaired) electrons. The maximum absolute atomic E-state index is 5.44. The minimum Gasteiger partial charge on any atom is -0.380 e. The van der Waals surface area contributed by atoms with Crippen molar-refractivity contribution in [3.8, 4) is 0 Å². The summed E-state index contributed by atoms with van der Waals surface area (Å²) in [6, 6.07) is 0. The molecule has 0 amide bonds. The first kappa shape index (κ1) is 13.8. The lowest BCUT2D eigenvalue weighted by atomic mass is 10.1. The van der Waals surface area contributed by atoms with Gasteiger partial charge in [-0.2, -0.15) is 0 Å². The monoisotopic (exact) mass is 233 g/mol. The molecular formula is C15H23NO. The topological polar surface area (TPSA) is 14.2 Å². The SMILES string of the molecule is C=Cc1c(C)c(C)n(CCOCC)c1/C=C\C. The molecule has 0 fully saturated rings. The first-order valence-corrected chi connectivity index (χ1v) is 6.19. The maximum Gasteiger partial charge on any atom is 0.0645 e. The van der Waals surface area contributed by atoms with Crippen molar-refractivity contribution in [1.82, 2.24) is 4.57 Å². The normalized spacial score (nSPS) is 11.3. The van der Waals surface area contributed by atoms with Gasteiger partial charge >= 0.3 is 0 Å². The highest BCUT2D eigenvalue weighted by molar-refractivity contribution is 5.67. The smallest absolute Gasteiger partial charge is 0.0645 e. The molecule has 0 aliphatic rings. The summed E-state index contributed by atoms with van der Waals surface area (Å²) < 4.78 is 7.75. The van der Waals surface area contributed by atoms with Gasteiger partial charge in [0.2, 0.25) is 0 Å². The maximum atomic E-state index is 5.44. The van der Waals surface area contributed by atoms with Crippen LogP contribution in [0.15, 0.2) is 12.7 Å². The van der Waals surface area contributed by atoms with Gasteiger partial charge in [0.25, 0.3) is 0 Å². The number of ether oxygens (including phenoxy) is 1. The van der Waals surface area contributed by atoms with E-state index in [0.717, 1.165) is 19.8 Å². The number of nitrogens with zero attached hydrogens (tertiary/aromatic N) is 1. The number of aromatic nitrogens is 1. The molecule has 2 heteroatoms. The van der Waals surface area contributed by atoms with Crippen LogP contribution in [0.1, 0.15) is 36.4 Å². The third-order valence-corrected chi connectivity index (χ3v) is 3.11. The van der Waals surface area contributed by atoms with E-state index in [-0.39, 0.29) is 0 Å². The molecule has 0 aromatic carbocycles. The first-order chi connectivity index (χ1) is 8.17. The molecule has 0 unspecified atom stereocenters. The van der Waals surface area contributed by atoms with E-state index in [2.05, 4.69) is 37.1 Å². The van der Waals surface area contributed by atoms with Gasteiger partial charge in [0, 0.05) is 30.1 Å². The van der Waals surface area contributed by atoms with E-state index in [1.807, 2.05) is 19.9 Å². The number of rotatable bonds is 6. The second kappa shape index (κ2) is 6.45. The summed E-state index contributed by atoms with van der Waals surface area (Å²) in [6.07, 6.45) is 6.15. The Balaban J connectivity index is 3.12. The van der Waals surface area contributed by atoms with Gasteiger partial charge in [0.1, 0.15) is 0 Å². The van der Waals surface area contributed by atoms with Gasteiger partial charge in [-0.3, -0.25) is 0 Å². The average molecular weight is 233 g/mol. The summed E-state index contributed by atoms with van der Waals surface area (Å²) in [5, 5.41) is 0. The van der Waals surface area contributed by atoms with Crippen LogP contribution in [0, 0.1) is 13.8 Å². The fourth-order valence-corrected chi connectivity index (χ4v) is 2.10. The van der Waals surface area contributed by atoms with Gasteiger partial charge in [-0.25, -0.2) is 0 Å². The summed E-state index contributed by atoms with van der Waals surface area (Å²) >= 11 is 0. The molecule has 1 rings (SSSR count). The highest BCUT2D eigenvalue weighted by Gasteiger charge is 2.12. The Morgan fingerprint density at radius 3 is 2.59 bits per heavy atom. The molecule has 0 saturated carbocycles. The van der Waals surface area contributed by atoms with E-state index in [9.17, 15) is 0 Å². The van der Waals surface area contributed by atoms with E-state index in [4.69, 9.17) is 4.74 Å². The third kappa shape index (κ3) is 2.89. The molecule has 0 spiro atoms. The lowest BCUT2D eigenvalue weighted by Gasteiger charge is -2.10. The molecule has 0 saturated heterocycles. The van der Waals surface area contributed by atoms with Crippen LogP contribution in [-0.2, 0) is 11.3 Å². The van der Waals surface area contributed by atoms with Gasteiger partial charge in [0.05, 0.1) is 6.61 Å². The van der Waals surface area contributed by atoms with E-state index in [1.165, 1.54) is 22.5 Å². The predicted octanol–water partition coefficient (Wildman–Crippen LogP) is 3.82. The molecule has 1 aromatic rings. The molecule has 2 nitrogen and oxygen atoms in total. The van der Waals surface area contributed by atoms with Crippen LogP contribution in [0.2, 0.25) is 0 Å². The zero-order valence-corrected chi connectivity index (χ0v) is 11.4. The first-order valence-electron chi connectivity index (χ1n) is 6.19. The molecule has 0 aliphatic heterocycles. The standard InChI is InChI=1S/C15H23NO/c1-6-9-15-14(7-2)12(4)13(5)16(15)10-11-17-8-3/h6-7,9H,2,8,10-11H2,1,3-5H3/b9-6-. The van der Waals surface area contributed by atoms with Crippen LogP contribution in [0.25, 0.3) is 12.2 Å². The summed E-state index contributed by atoms with van der Waals surface area (Å²) in [4.78, 5) is 0. The van der Waals surface area contributed by atoms with Crippen molar-refractivity contribution in [2.24, 2.45) is 0 Å². The lowest BCUT2D eigenvalue weighted by Crippen LogP contribution is -2.09. The van der Waals surface area contributed by atoms with Gasteiger partial charge in [-0.15, -0.1) is 0 Å². The van der Waals surface area contributed by atoms with E-state index < -0.39 is 0 Å². The summed E-state index contributed by atoms with van der Waals surface area (Å²) in [5.74, 6) is 0. The largest absolute Gasteiger partial charge is 0.380 e. The molecular weight excluding hydrogens is 210 g/mol. The van der Waals surface area contributed by atoms with Crippen LogP contribution in [0.5, 0.6) is 0 Å². The molecule has 1 heterocycles. The fraction of sp³-hybridized carbons (Fsp3) is 0.467. The van der Waals surface area contributed by atoms with E-state index in [0.29, 0.717) is 0 Å². The van der Waals surface area contributed by atoms with E-state index >= 15 is 0 Å². The lowest BCUT2D eigenvalue weighted by molar-refractivity contribution is 0.138. The second-order valence-corrected chi connectivity index (χ2v) is 4.06. The van der Waals surface area contributed by atoms with Crippen molar-refractivity contribution in [3.05, 3.63) is 35.2 Å². The minimum atomic E-state index is 0.757. The second-order valence-electron chi connectivity index (χ2n) is 4.06. The molecule has 0 aliphatic carbocycles. The van der Waals surface area contributed by atoms with E-state index in [1.54, 1.807) is 0 Å². The summed E-state index contributed by atoms with van der Waals surface area (Å²) in [6.45, 7) is 14.7. The van der Waals surface area contributed by atoms with Crippen molar-refractivity contribution in [1.29, 1.82) is 0 Å². The van der Waals surface area contributed by atoms with Crippen LogP contribution in [0.4, 0.5) is 0 Å². The Morgan fingerprint density at radius 1 is 1.35 bits per heavy atom. The summed E-state index contributed by atoms with van der Waals surface area (Å²) in [7, 11) is 0. The zero-order chi connectivity index (χ0) is 12.8. The van der Waals surface area contributed by atoms with Gasteiger partial charge < -0.3 is 9.30 Å². The molecule has 0 atom stereocenters. The number of hydrogen-bond donors (Lipinski definition) is 0. The van der Waals surface area contributed by atoms with Crippen molar-refractivity contribution in [2.75, 3.05) is 13.2 Å². The highest BCUT2D eigenvalue weighted by atomic mass is 16.5. The number of hydrogen-bond acceptors (Lipinski definition) is 1. The minimum absolute atomic E-state index is 0.757. The molecule has 0 bridgehead atoms. The Morgan fingerprint density at radius 2 is 2.06 bits per heavy atom. The van der Waals surface area contributed by atoms with Crippen molar-refractivity contribution >= 4 is 12.2 Å². The van der Waals surface area contributed by atoms with Crippen LogP contribution < -0.4 is 0 Å². The van der Waals surface area contributed by atoms with Crippen molar-refractivity contribution < 1.29 is 4.74 Å². The van der Waals surface area contributed by atoms with Crippen LogP contribution in [-0.4, -0.2) is 17.8 Å². The van der Waals surface area contributed by atoms with Crippen LogP contribution >= 0.6 is 0 Å². The predicted molar refractivity (Wildman–Crippen MR) is 75.2 cm³/mol. The fourth-order valence-electron chi connectivity index (χ4n) is 2.10. The highest BCUT2D eigenvalue weighted by Crippen LogP contribution is 2.24. The Hall–Kier alpha value is -1.28. The Kier molecular flexibility index (Phi) is 5.23. The summed E-state index contributed by atoms with van der Waals surface area (Å²) in [5.41, 5.74) is 5.08. The molecule has 17 heavy (non-hydrogen) atoms. The number of allylic oxidation sites excluding steroid dienone is 1. The zero-order valence-electron chi connectivity index (χ0n) is 11.4. The van der Waals surface area contributed by atoms with Gasteiger partial charge in [0.15, 0.2) is 0 Å². The van der Waals surface area contributed by atoms with Gasteiger partial charge in [-0.05, 0) is 39.3 Å². The molecule has 0 N–H and O–H groups in total. The quantitative estimate of drug-likeness (QED) is 0.681.